The first-order valence-corrected chi connectivity index (χ1v) is 11.8. The van der Waals surface area contributed by atoms with Gasteiger partial charge in [-0.05, 0) is 48.2 Å². The van der Waals surface area contributed by atoms with Crippen LogP contribution in [-0.4, -0.2) is 21.0 Å². The normalized spacial score (nSPS) is 10.7. The maximum atomic E-state index is 9.99. The zero-order valence-corrected chi connectivity index (χ0v) is 18.2. The second-order valence-electron chi connectivity index (χ2n) is 6.67. The van der Waals surface area contributed by atoms with Crippen LogP contribution in [0.25, 0.3) is 0 Å². The van der Waals surface area contributed by atoms with Crippen molar-refractivity contribution in [3.63, 3.8) is 0 Å². The lowest BCUT2D eigenvalue weighted by atomic mass is 10.4. The Balaban J connectivity index is 0.000000222. The Hall–Kier alpha value is -3.90. The fourth-order valence-electron chi connectivity index (χ4n) is 3.55. The van der Waals surface area contributed by atoms with Gasteiger partial charge >= 0.3 is 5.82 Å². The number of nitrogens with zero attached hydrogens (tertiary/aromatic N) is 4. The third-order valence-electron chi connectivity index (χ3n) is 4.97. The van der Waals surface area contributed by atoms with Crippen LogP contribution in [0.15, 0.2) is 97.3 Å². The van der Waals surface area contributed by atoms with Gasteiger partial charge in [0.25, 0.3) is 0 Å². The zero-order chi connectivity index (χ0) is 23.0. The van der Waals surface area contributed by atoms with Gasteiger partial charge in [-0.2, -0.15) is 9.91 Å². The van der Waals surface area contributed by atoms with Crippen molar-refractivity contribution < 1.29 is 9.85 Å². The van der Waals surface area contributed by atoms with Gasteiger partial charge in [-0.15, -0.1) is 0 Å². The topological polar surface area (TPSA) is 113 Å². The third kappa shape index (κ3) is 4.71. The fraction of sp³-hybridized carbons (Fsp3) is 0.0870. The van der Waals surface area contributed by atoms with Crippen LogP contribution in [0.5, 0.6) is 0 Å². The average Bonchev–Trinajstić information content (AvgIpc) is 3.34. The summed E-state index contributed by atoms with van der Waals surface area (Å²) in [6, 6.07) is 33.0. The van der Waals surface area contributed by atoms with E-state index in [1.165, 1.54) is 15.9 Å². The van der Waals surface area contributed by atoms with Crippen LogP contribution >= 0.6 is 7.26 Å². The molecule has 0 bridgehead atoms. The van der Waals surface area contributed by atoms with E-state index in [9.17, 15) is 20.2 Å². The van der Waals surface area contributed by atoms with Crippen molar-refractivity contribution in [2.45, 2.75) is 6.92 Å². The monoisotopic (exact) mass is 448 g/mol. The molecule has 0 aliphatic heterocycles. The minimum Gasteiger partial charge on any atom is -0.459 e. The maximum Gasteiger partial charge on any atom is 0.308 e. The van der Waals surface area contributed by atoms with Crippen LogP contribution in [0.1, 0.15) is 6.92 Å². The van der Waals surface area contributed by atoms with Gasteiger partial charge in [-0.1, -0.05) is 54.6 Å². The van der Waals surface area contributed by atoms with Gasteiger partial charge in [0.1, 0.15) is 29.5 Å². The number of imidazole rings is 1. The van der Waals surface area contributed by atoms with Crippen LogP contribution < -0.4 is 20.9 Å². The predicted molar refractivity (Wildman–Crippen MR) is 127 cm³/mol. The molecular weight excluding hydrogens is 427 g/mol. The van der Waals surface area contributed by atoms with Crippen molar-refractivity contribution in [1.29, 1.82) is 0 Å². The van der Waals surface area contributed by atoms with Gasteiger partial charge < -0.3 is 20.2 Å². The molecule has 4 rings (SSSR count). The summed E-state index contributed by atoms with van der Waals surface area (Å²) < 4.78 is 0. The maximum absolute atomic E-state index is 9.99. The minimum atomic E-state index is -1.53. The highest BCUT2D eigenvalue weighted by atomic mass is 31.2. The lowest BCUT2D eigenvalue weighted by Gasteiger charge is -2.26. The van der Waals surface area contributed by atoms with Gasteiger partial charge in [-0.3, -0.25) is 0 Å². The molecule has 0 fully saturated rings. The molecule has 32 heavy (non-hydrogen) atoms. The van der Waals surface area contributed by atoms with Crippen molar-refractivity contribution in [1.82, 2.24) is 9.97 Å². The standard InChI is InChI=1S/C20H20P.C3HN4O4/c1-2-21(18-12-6-3-7-13-18,19-14-8-4-9-15-19)20-16-10-5-11-17-20;8-6(9)2-3(7(10)11)5-1-4-2/h3-17H,2H2,1H3;1H/q+1;-1. The Morgan fingerprint density at radius 3 is 1.44 bits per heavy atom. The zero-order valence-electron chi connectivity index (χ0n) is 17.3. The molecule has 9 heteroatoms. The molecule has 162 valence electrons. The van der Waals surface area contributed by atoms with Crippen molar-refractivity contribution in [3.8, 4) is 0 Å². The van der Waals surface area contributed by atoms with Crippen LogP contribution in [0.2, 0.25) is 0 Å². The molecule has 0 saturated carbocycles. The van der Waals surface area contributed by atoms with Crippen LogP contribution in [-0.2, 0) is 0 Å². The molecule has 4 aromatic rings. The Morgan fingerprint density at radius 2 is 1.16 bits per heavy atom. The molecule has 1 heterocycles. The van der Waals surface area contributed by atoms with E-state index in [-0.39, 0.29) is 0 Å². The molecule has 0 saturated heterocycles. The lowest BCUT2D eigenvalue weighted by Crippen LogP contribution is -2.32. The summed E-state index contributed by atoms with van der Waals surface area (Å²) in [6.45, 7) is 2.32. The molecule has 0 aliphatic rings. The summed E-state index contributed by atoms with van der Waals surface area (Å²) in [7, 11) is -1.53. The second kappa shape index (κ2) is 10.4. The van der Waals surface area contributed by atoms with E-state index in [2.05, 4.69) is 108 Å². The third-order valence-corrected chi connectivity index (χ3v) is 9.46. The minimum absolute atomic E-state index is 0.774. The molecule has 0 spiro atoms. The molecule has 0 N–H and O–H groups in total. The highest BCUT2D eigenvalue weighted by Crippen LogP contribution is 2.54. The summed E-state index contributed by atoms with van der Waals surface area (Å²) in [4.78, 5) is 24.2. The van der Waals surface area contributed by atoms with E-state index in [4.69, 9.17) is 0 Å². The van der Waals surface area contributed by atoms with Crippen LogP contribution in [0.4, 0.5) is 11.6 Å². The first-order chi connectivity index (χ1) is 15.5. The summed E-state index contributed by atoms with van der Waals surface area (Å²) in [5.74, 6) is -1.65. The van der Waals surface area contributed by atoms with Crippen molar-refractivity contribution in [3.05, 3.63) is 118 Å². The predicted octanol–water partition coefficient (Wildman–Crippen LogP) is 3.86. The van der Waals surface area contributed by atoms with Gasteiger partial charge in [0, 0.05) is 0 Å². The van der Waals surface area contributed by atoms with E-state index < -0.39 is 28.7 Å². The van der Waals surface area contributed by atoms with Crippen LogP contribution in [0, 0.1) is 20.2 Å². The fourth-order valence-corrected chi connectivity index (χ4v) is 7.59. The molecule has 0 aliphatic carbocycles. The highest BCUT2D eigenvalue weighted by molar-refractivity contribution is 7.95. The Labute approximate surface area is 185 Å². The van der Waals surface area contributed by atoms with E-state index in [1.54, 1.807) is 0 Å². The second-order valence-corrected chi connectivity index (χ2v) is 10.5. The number of rotatable bonds is 6. The summed E-state index contributed by atoms with van der Waals surface area (Å²) in [5.41, 5.74) is 0. The average molecular weight is 448 g/mol. The smallest absolute Gasteiger partial charge is 0.308 e. The Morgan fingerprint density at radius 1 is 0.750 bits per heavy atom. The molecule has 0 unspecified atom stereocenters. The van der Waals surface area contributed by atoms with Gasteiger partial charge in [-0.25, -0.2) is 4.98 Å². The Kier molecular flexibility index (Phi) is 7.41. The van der Waals surface area contributed by atoms with Gasteiger partial charge in [0.2, 0.25) is 5.82 Å². The molecule has 8 nitrogen and oxygen atoms in total. The first-order valence-electron chi connectivity index (χ1n) is 9.82. The molecule has 3 aromatic carbocycles. The summed E-state index contributed by atoms with van der Waals surface area (Å²) in [6.07, 6.45) is 1.92. The molecule has 0 radical (unpaired) electrons. The number of hydrogen-bond acceptors (Lipinski definition) is 5. The number of nitro groups is 2. The van der Waals surface area contributed by atoms with Crippen molar-refractivity contribution in [2.75, 3.05) is 6.16 Å². The van der Waals surface area contributed by atoms with Gasteiger partial charge in [0.05, 0.1) is 6.16 Å². The summed E-state index contributed by atoms with van der Waals surface area (Å²) in [5, 5.41) is 24.4. The Bertz CT molecular complexity index is 1040. The number of hydrogen-bond donors (Lipinski definition) is 0. The van der Waals surface area contributed by atoms with E-state index >= 15 is 0 Å². The lowest BCUT2D eigenvalue weighted by molar-refractivity contribution is -0.427. The number of benzene rings is 3. The van der Waals surface area contributed by atoms with Crippen molar-refractivity contribution >= 4 is 34.8 Å². The van der Waals surface area contributed by atoms with Crippen LogP contribution in [0.3, 0.4) is 0 Å². The first kappa shape index (κ1) is 22.8. The number of aromatic nitrogens is 2. The largest absolute Gasteiger partial charge is 0.459 e. The van der Waals surface area contributed by atoms with Gasteiger partial charge in [0.15, 0.2) is 0 Å². The molecular formula is C23H21N4O4P. The van der Waals surface area contributed by atoms with E-state index in [0.29, 0.717) is 0 Å². The summed E-state index contributed by atoms with van der Waals surface area (Å²) >= 11 is 0. The quantitative estimate of drug-likeness (QED) is 0.251. The molecule has 0 amide bonds. The SMILES string of the molecule is CC[P+](c1ccccc1)(c1ccccc1)c1ccccc1.O=[N+]([O-])c1nc[n-]c1[N+](=O)[O-]. The van der Waals surface area contributed by atoms with Crippen molar-refractivity contribution in [2.24, 2.45) is 0 Å². The highest BCUT2D eigenvalue weighted by Gasteiger charge is 2.43. The molecule has 1 aromatic heterocycles. The molecule has 0 atom stereocenters. The van der Waals surface area contributed by atoms with E-state index in [0.717, 1.165) is 12.5 Å². The van der Waals surface area contributed by atoms with E-state index in [1.807, 2.05) is 0 Å².